The van der Waals surface area contributed by atoms with Crippen molar-refractivity contribution in [2.24, 2.45) is 0 Å². The van der Waals surface area contributed by atoms with Crippen molar-refractivity contribution in [1.82, 2.24) is 0 Å². The molecule has 0 aromatic heterocycles. The molecule has 246 valence electrons. The number of hydrogen-bond acceptors (Lipinski definition) is 6. The molecule has 0 atom stereocenters. The molecular weight excluding hydrogens is 612 g/mol. The number of fused-ring (bicyclic) bond motifs is 1. The molecule has 0 radical (unpaired) electrons. The molecule has 1 aliphatic rings. The summed E-state index contributed by atoms with van der Waals surface area (Å²) in [6.07, 6.45) is 0.318. The van der Waals surface area contributed by atoms with Gasteiger partial charge in [0.2, 0.25) is 0 Å². The van der Waals surface area contributed by atoms with Gasteiger partial charge in [0.25, 0.3) is 0 Å². The van der Waals surface area contributed by atoms with Gasteiger partial charge in [-0.3, -0.25) is 4.79 Å². The van der Waals surface area contributed by atoms with Gasteiger partial charge in [-0.05, 0) is 34.4 Å². The van der Waals surface area contributed by atoms with E-state index < -0.39 is 0 Å². The van der Waals surface area contributed by atoms with Crippen LogP contribution in [0.4, 0.5) is 0 Å². The van der Waals surface area contributed by atoms with Crippen molar-refractivity contribution in [2.75, 3.05) is 6.61 Å². The normalized spacial score (nSPS) is 11.6. The second-order valence-corrected chi connectivity index (χ2v) is 11.4. The van der Waals surface area contributed by atoms with E-state index in [0.29, 0.717) is 50.1 Å². The number of ketones is 1. The number of benzene rings is 6. The third-order valence-corrected chi connectivity index (χ3v) is 7.71. The van der Waals surface area contributed by atoms with Gasteiger partial charge >= 0.3 is 0 Å². The molecule has 0 fully saturated rings. The van der Waals surface area contributed by atoms with Crippen molar-refractivity contribution >= 4 is 5.78 Å². The zero-order valence-corrected chi connectivity index (χ0v) is 27.2. The molecule has 0 saturated carbocycles. The van der Waals surface area contributed by atoms with Crippen molar-refractivity contribution in [1.29, 1.82) is 0 Å². The molecule has 0 spiro atoms. The first-order valence-electron chi connectivity index (χ1n) is 16.3. The highest BCUT2D eigenvalue weighted by Gasteiger charge is 2.23. The van der Waals surface area contributed by atoms with Crippen LogP contribution in [-0.4, -0.2) is 12.4 Å². The number of carbonyl (C=O) groups is 1. The summed E-state index contributed by atoms with van der Waals surface area (Å²) in [7, 11) is 0. The average Bonchev–Trinajstić information content (AvgIpc) is 3.17. The van der Waals surface area contributed by atoms with E-state index in [1.165, 1.54) is 0 Å². The monoisotopic (exact) mass is 650 g/mol. The summed E-state index contributed by atoms with van der Waals surface area (Å²) < 4.78 is 29.3. The van der Waals surface area contributed by atoms with E-state index in [9.17, 15) is 4.79 Å². The molecule has 1 heterocycles. The van der Waals surface area contributed by atoms with Crippen molar-refractivity contribution in [3.8, 4) is 28.7 Å². The van der Waals surface area contributed by atoms with E-state index in [2.05, 4.69) is 0 Å². The summed E-state index contributed by atoms with van der Waals surface area (Å²) in [4.78, 5) is 11.8. The largest absolute Gasteiger partial charge is 0.489 e. The zero-order chi connectivity index (χ0) is 33.5. The Labute approximate surface area is 287 Å². The Balaban J connectivity index is 0.000000174. The Bertz CT molecular complexity index is 1830. The van der Waals surface area contributed by atoms with Gasteiger partial charge in [0, 0.05) is 24.1 Å². The van der Waals surface area contributed by atoms with Crippen LogP contribution in [0.3, 0.4) is 0 Å². The maximum atomic E-state index is 11.8. The molecule has 0 unspecified atom stereocenters. The van der Waals surface area contributed by atoms with Gasteiger partial charge in [0.1, 0.15) is 50.3 Å². The lowest BCUT2D eigenvalue weighted by Gasteiger charge is -2.21. The summed E-state index contributed by atoms with van der Waals surface area (Å²) >= 11 is 0. The van der Waals surface area contributed by atoms with E-state index in [4.69, 9.17) is 23.7 Å². The quantitative estimate of drug-likeness (QED) is 0.132. The van der Waals surface area contributed by atoms with Gasteiger partial charge in [0.15, 0.2) is 17.3 Å². The minimum absolute atomic E-state index is 0.0463. The first-order valence-corrected chi connectivity index (χ1v) is 16.3. The molecule has 6 aromatic rings. The fourth-order valence-electron chi connectivity index (χ4n) is 5.15. The Morgan fingerprint density at radius 1 is 0.449 bits per heavy atom. The highest BCUT2D eigenvalue weighted by Crippen LogP contribution is 2.37. The van der Waals surface area contributed by atoms with Crippen LogP contribution in [0, 0.1) is 0 Å². The van der Waals surface area contributed by atoms with E-state index in [1.54, 1.807) is 0 Å². The maximum absolute atomic E-state index is 11.8. The lowest BCUT2D eigenvalue weighted by Crippen LogP contribution is -2.21. The van der Waals surface area contributed by atoms with Crippen molar-refractivity contribution < 1.29 is 28.5 Å². The smallest absolute Gasteiger partial charge is 0.174 e. The molecular formula is C43H38O6. The van der Waals surface area contributed by atoms with E-state index in [-0.39, 0.29) is 12.4 Å². The first-order chi connectivity index (χ1) is 24.2. The summed E-state index contributed by atoms with van der Waals surface area (Å²) in [5.41, 5.74) is 5.21. The van der Waals surface area contributed by atoms with Crippen molar-refractivity contribution in [3.63, 3.8) is 0 Å². The van der Waals surface area contributed by atoms with Crippen LogP contribution < -0.4 is 23.7 Å². The van der Waals surface area contributed by atoms with E-state index >= 15 is 0 Å². The van der Waals surface area contributed by atoms with Crippen molar-refractivity contribution in [2.45, 2.75) is 32.8 Å². The molecule has 1 aliphatic heterocycles. The molecule has 0 saturated heterocycles. The minimum Gasteiger partial charge on any atom is -0.489 e. The molecule has 0 bridgehead atoms. The maximum Gasteiger partial charge on any atom is 0.174 e. The fraction of sp³-hybridized carbons (Fsp3) is 0.140. The summed E-state index contributed by atoms with van der Waals surface area (Å²) in [5.74, 6) is 3.53. The fourth-order valence-corrected chi connectivity index (χ4v) is 5.15. The second kappa shape index (κ2) is 17.2. The third-order valence-electron chi connectivity index (χ3n) is 7.71. The predicted octanol–water partition coefficient (Wildman–Crippen LogP) is 9.19. The summed E-state index contributed by atoms with van der Waals surface area (Å²) in [6, 6.07) is 51.6. The van der Waals surface area contributed by atoms with Crippen LogP contribution in [0.1, 0.15) is 27.8 Å². The van der Waals surface area contributed by atoms with Gasteiger partial charge in [0.05, 0.1) is 0 Å². The number of ether oxygens (including phenoxy) is 5. The van der Waals surface area contributed by atoms with E-state index in [1.807, 2.05) is 158 Å². The van der Waals surface area contributed by atoms with Gasteiger partial charge in [-0.25, -0.2) is 0 Å². The van der Waals surface area contributed by atoms with Gasteiger partial charge in [-0.2, -0.15) is 0 Å². The standard InChI is InChI=1S/C23H20O4.C20H18O2/c24-19-11-21-22(26-15-18-9-5-2-6-10-18)12-20(13-23(21)27-16-19)25-14-17-7-3-1-4-8-17;1-3-9-17(10-4-1)15-21-19-13-7-8-14-20(19)22-16-18-11-5-2-6-12-18/h1-10,12-13H,11,14-16H2;1-14H,15-16H2. The number of Topliss-reactive ketones (excluding diaryl/α,β-unsaturated/α-hetero) is 1. The topological polar surface area (TPSA) is 63.2 Å². The van der Waals surface area contributed by atoms with Crippen LogP contribution in [0.15, 0.2) is 158 Å². The Kier molecular flexibility index (Phi) is 11.6. The third kappa shape index (κ3) is 9.99. The lowest BCUT2D eigenvalue weighted by molar-refractivity contribution is -0.121. The van der Waals surface area contributed by atoms with Crippen LogP contribution in [0.2, 0.25) is 0 Å². The highest BCUT2D eigenvalue weighted by molar-refractivity contribution is 5.85. The molecule has 7 rings (SSSR count). The molecule has 0 amide bonds. The molecule has 6 heteroatoms. The van der Waals surface area contributed by atoms with Gasteiger partial charge < -0.3 is 23.7 Å². The molecule has 0 N–H and O–H groups in total. The Morgan fingerprint density at radius 3 is 1.29 bits per heavy atom. The lowest BCUT2D eigenvalue weighted by atomic mass is 10.0. The van der Waals surface area contributed by atoms with Crippen LogP contribution in [0.25, 0.3) is 0 Å². The van der Waals surface area contributed by atoms with Crippen LogP contribution in [0.5, 0.6) is 28.7 Å². The van der Waals surface area contributed by atoms with Gasteiger partial charge in [-0.1, -0.05) is 133 Å². The summed E-state index contributed by atoms with van der Waals surface area (Å²) in [5, 5.41) is 0. The number of hydrogen-bond donors (Lipinski definition) is 0. The van der Waals surface area contributed by atoms with Crippen LogP contribution in [-0.2, 0) is 37.6 Å². The Hall–Kier alpha value is -6.01. The van der Waals surface area contributed by atoms with E-state index in [0.717, 1.165) is 39.3 Å². The van der Waals surface area contributed by atoms with Gasteiger partial charge in [-0.15, -0.1) is 0 Å². The molecule has 0 aliphatic carbocycles. The zero-order valence-electron chi connectivity index (χ0n) is 27.2. The van der Waals surface area contributed by atoms with Crippen molar-refractivity contribution in [3.05, 3.63) is 186 Å². The number of carbonyl (C=O) groups excluding carboxylic acids is 1. The predicted molar refractivity (Wildman–Crippen MR) is 190 cm³/mol. The van der Waals surface area contributed by atoms with Crippen LogP contribution >= 0.6 is 0 Å². The molecule has 49 heavy (non-hydrogen) atoms. The number of rotatable bonds is 12. The number of para-hydroxylation sites is 2. The molecule has 6 nitrogen and oxygen atoms in total. The summed E-state index contributed by atoms with van der Waals surface area (Å²) in [6.45, 7) is 2.03. The average molecular weight is 651 g/mol. The second-order valence-electron chi connectivity index (χ2n) is 11.4. The minimum atomic E-state index is 0.0463. The Morgan fingerprint density at radius 2 is 0.837 bits per heavy atom. The highest BCUT2D eigenvalue weighted by atomic mass is 16.5. The SMILES string of the molecule is O=C1COc2cc(OCc3ccccc3)cc(OCc3ccccc3)c2C1.c1ccc(COc2ccccc2OCc2ccccc2)cc1. The molecule has 6 aromatic carbocycles. The first kappa shape index (κ1) is 32.9.